The van der Waals surface area contributed by atoms with Gasteiger partial charge in [-0.1, -0.05) is 97.2 Å². The van der Waals surface area contributed by atoms with Crippen LogP contribution in [0.1, 0.15) is 0 Å². The summed E-state index contributed by atoms with van der Waals surface area (Å²) in [5, 5.41) is 0. The molecule has 1 heteroatoms. The maximum absolute atomic E-state index is 2.00. The molecule has 0 N–H and O–H groups in total. The summed E-state index contributed by atoms with van der Waals surface area (Å²) < 4.78 is 0. The van der Waals surface area contributed by atoms with E-state index in [2.05, 4.69) is 0 Å². The van der Waals surface area contributed by atoms with Crippen LogP contribution in [0.3, 0.4) is 0 Å². The maximum atomic E-state index is 2.00. The monoisotopic (exact) mass is 314 g/mol. The van der Waals surface area contributed by atoms with Gasteiger partial charge in [0.1, 0.15) is 0 Å². The Morgan fingerprint density at radius 1 is 0.176 bits per heavy atom. The molecule has 2 rings (SSSR count). The number of allylic oxidation sites excluding steroid dienone is 16. The van der Waals surface area contributed by atoms with Gasteiger partial charge in [0.15, 0.2) is 0 Å². The third-order valence-electron chi connectivity index (χ3n) is 1.78. The van der Waals surface area contributed by atoms with Crippen LogP contribution in [0.2, 0.25) is 0 Å². The average molecular weight is 315 g/mol. The molecule has 0 saturated heterocycles. The van der Waals surface area contributed by atoms with Gasteiger partial charge < -0.3 is 0 Å². The van der Waals surface area contributed by atoms with Crippen LogP contribution in [0.15, 0.2) is 97.2 Å². The molecule has 2 aliphatic carbocycles. The van der Waals surface area contributed by atoms with Gasteiger partial charge in [0.25, 0.3) is 0 Å². The minimum absolute atomic E-state index is 0. The van der Waals surface area contributed by atoms with E-state index in [1.165, 1.54) is 0 Å². The van der Waals surface area contributed by atoms with Crippen LogP contribution >= 0.6 is 0 Å². The van der Waals surface area contributed by atoms with Crippen molar-refractivity contribution in [2.45, 2.75) is 0 Å². The van der Waals surface area contributed by atoms with E-state index in [0.717, 1.165) is 0 Å². The van der Waals surface area contributed by atoms with Crippen molar-refractivity contribution in [3.05, 3.63) is 97.2 Å². The van der Waals surface area contributed by atoms with Gasteiger partial charge in [-0.3, -0.25) is 0 Å². The van der Waals surface area contributed by atoms with E-state index in [9.17, 15) is 0 Å². The van der Waals surface area contributed by atoms with E-state index in [0.29, 0.717) is 0 Å². The zero-order valence-corrected chi connectivity index (χ0v) is 11.1. The van der Waals surface area contributed by atoms with E-state index in [1.54, 1.807) is 0 Å². The fraction of sp³-hybridized carbons (Fsp3) is 0. The summed E-state index contributed by atoms with van der Waals surface area (Å²) in [7, 11) is 0. The van der Waals surface area contributed by atoms with E-state index in [1.807, 2.05) is 97.2 Å². The SMILES string of the molecule is C1=C\C=C/C=C\C=C/1.C1=C\C=C/C=C\C=C/1.[Pd]. The van der Waals surface area contributed by atoms with Crippen LogP contribution in [0.5, 0.6) is 0 Å². The zero-order valence-electron chi connectivity index (χ0n) is 9.55. The Hall–Kier alpha value is -1.42. The second kappa shape index (κ2) is 12.7. The predicted molar refractivity (Wildman–Crippen MR) is 73.1 cm³/mol. The minimum Gasteiger partial charge on any atom is -0.0623 e. The Balaban J connectivity index is 0.000000284. The Bertz CT molecular complexity index is 247. The zero-order chi connectivity index (χ0) is 11.3. The van der Waals surface area contributed by atoms with E-state index in [-0.39, 0.29) is 20.4 Å². The maximum Gasteiger partial charge on any atom is 0 e. The van der Waals surface area contributed by atoms with Gasteiger partial charge in [-0.05, 0) is 0 Å². The van der Waals surface area contributed by atoms with Crippen LogP contribution in [-0.2, 0) is 20.4 Å². The first kappa shape index (κ1) is 15.6. The molecule has 0 nitrogen and oxygen atoms in total. The van der Waals surface area contributed by atoms with Crippen molar-refractivity contribution in [1.29, 1.82) is 0 Å². The van der Waals surface area contributed by atoms with Crippen LogP contribution in [-0.4, -0.2) is 0 Å². The van der Waals surface area contributed by atoms with Gasteiger partial charge in [-0.2, -0.15) is 0 Å². The molecular weight excluding hydrogens is 299 g/mol. The molecule has 0 bridgehead atoms. The third kappa shape index (κ3) is 10.9. The van der Waals surface area contributed by atoms with Gasteiger partial charge in [0, 0.05) is 20.4 Å². The summed E-state index contributed by atoms with van der Waals surface area (Å²) in [5.41, 5.74) is 0. The molecule has 2 aliphatic rings. The van der Waals surface area contributed by atoms with Gasteiger partial charge in [0.05, 0.1) is 0 Å². The van der Waals surface area contributed by atoms with Gasteiger partial charge in [-0.15, -0.1) is 0 Å². The molecule has 90 valence electrons. The smallest absolute Gasteiger partial charge is 0 e. The van der Waals surface area contributed by atoms with Crippen molar-refractivity contribution < 1.29 is 20.4 Å². The molecule has 0 saturated carbocycles. The van der Waals surface area contributed by atoms with Crippen LogP contribution in [0.25, 0.3) is 0 Å². The molecule has 0 radical (unpaired) electrons. The van der Waals surface area contributed by atoms with Crippen LogP contribution in [0, 0.1) is 0 Å². The van der Waals surface area contributed by atoms with Crippen molar-refractivity contribution in [3.8, 4) is 0 Å². The standard InChI is InChI=1S/2C8H8.Pd/c2*1-2-4-6-8-7-5-3-1;/h2*1-8H;/b2*2-1-,3-1?,4-2?,5-3-,6-4-,7-5?,8-6?,8-7-;. The average Bonchev–Trinajstić information content (AvgIpc) is 2.15. The number of hydrogen-bond donors (Lipinski definition) is 0. The molecule has 0 aromatic heterocycles. The Morgan fingerprint density at radius 2 is 0.235 bits per heavy atom. The van der Waals surface area contributed by atoms with Crippen molar-refractivity contribution in [1.82, 2.24) is 0 Å². The summed E-state index contributed by atoms with van der Waals surface area (Å²) in [6, 6.07) is 0. The molecule has 0 aromatic rings. The van der Waals surface area contributed by atoms with E-state index in [4.69, 9.17) is 0 Å². The fourth-order valence-electron chi connectivity index (χ4n) is 1.03. The van der Waals surface area contributed by atoms with Crippen LogP contribution < -0.4 is 0 Å². The van der Waals surface area contributed by atoms with E-state index >= 15 is 0 Å². The van der Waals surface area contributed by atoms with Gasteiger partial charge in [-0.25, -0.2) is 0 Å². The molecule has 0 heterocycles. The molecule has 0 spiro atoms. The largest absolute Gasteiger partial charge is 0.0623 e. The first-order valence-electron chi connectivity index (χ1n) is 5.33. The molecule has 0 atom stereocenters. The second-order valence-electron chi connectivity index (χ2n) is 3.08. The first-order valence-corrected chi connectivity index (χ1v) is 5.33. The van der Waals surface area contributed by atoms with Crippen molar-refractivity contribution >= 4 is 0 Å². The molecule has 0 unspecified atom stereocenters. The first-order chi connectivity index (χ1) is 8.00. The summed E-state index contributed by atoms with van der Waals surface area (Å²) >= 11 is 0. The summed E-state index contributed by atoms with van der Waals surface area (Å²) in [5.74, 6) is 0. The number of rotatable bonds is 0. The van der Waals surface area contributed by atoms with Gasteiger partial charge >= 0.3 is 0 Å². The molecule has 0 amide bonds. The Kier molecular flexibility index (Phi) is 11.6. The Morgan fingerprint density at radius 3 is 0.294 bits per heavy atom. The molecular formula is C16H16Pd. The summed E-state index contributed by atoms with van der Waals surface area (Å²) in [6.07, 6.45) is 32.0. The quantitative estimate of drug-likeness (QED) is 0.580. The summed E-state index contributed by atoms with van der Waals surface area (Å²) in [4.78, 5) is 0. The second-order valence-corrected chi connectivity index (χ2v) is 3.08. The molecule has 0 aliphatic heterocycles. The van der Waals surface area contributed by atoms with E-state index < -0.39 is 0 Å². The van der Waals surface area contributed by atoms with Crippen molar-refractivity contribution in [3.63, 3.8) is 0 Å². The normalized spacial score (nSPS) is 30.1. The third-order valence-corrected chi connectivity index (χ3v) is 1.78. The predicted octanol–water partition coefficient (Wildman–Crippen LogP) is 4.45. The summed E-state index contributed by atoms with van der Waals surface area (Å²) in [6.45, 7) is 0. The number of hydrogen-bond acceptors (Lipinski definition) is 0. The van der Waals surface area contributed by atoms with Gasteiger partial charge in [0.2, 0.25) is 0 Å². The Labute approximate surface area is 117 Å². The minimum atomic E-state index is 0. The van der Waals surface area contributed by atoms with Crippen molar-refractivity contribution in [2.24, 2.45) is 0 Å². The van der Waals surface area contributed by atoms with Crippen molar-refractivity contribution in [2.75, 3.05) is 0 Å². The topological polar surface area (TPSA) is 0 Å². The molecule has 17 heavy (non-hydrogen) atoms. The molecule has 0 fully saturated rings. The van der Waals surface area contributed by atoms with Crippen LogP contribution in [0.4, 0.5) is 0 Å². The molecule has 0 aromatic carbocycles. The fourth-order valence-corrected chi connectivity index (χ4v) is 1.03.